The minimum absolute atomic E-state index is 0.0294. The second-order valence-corrected chi connectivity index (χ2v) is 6.85. The maximum atomic E-state index is 12.4. The monoisotopic (exact) mass is 384 g/mol. The van der Waals surface area contributed by atoms with Crippen LogP contribution in [0.1, 0.15) is 38.3 Å². The average molecular weight is 384 g/mol. The van der Waals surface area contributed by atoms with Gasteiger partial charge in [0.15, 0.2) is 6.29 Å². The van der Waals surface area contributed by atoms with E-state index in [1.165, 1.54) is 7.11 Å². The summed E-state index contributed by atoms with van der Waals surface area (Å²) in [4.78, 5) is 24.6. The van der Waals surface area contributed by atoms with Crippen LogP contribution in [0.5, 0.6) is 0 Å². The lowest BCUT2D eigenvalue weighted by atomic mass is 10.1. The number of benzene rings is 2. The lowest BCUT2D eigenvalue weighted by Crippen LogP contribution is -2.32. The summed E-state index contributed by atoms with van der Waals surface area (Å²) in [5.74, 6) is -0.895. The van der Waals surface area contributed by atoms with Gasteiger partial charge in [-0.15, -0.1) is 0 Å². The van der Waals surface area contributed by atoms with Crippen molar-refractivity contribution in [2.45, 2.75) is 38.8 Å². The Bertz CT molecular complexity index is 812. The van der Waals surface area contributed by atoms with Crippen LogP contribution in [0.25, 0.3) is 0 Å². The molecule has 0 bridgehead atoms. The van der Waals surface area contributed by atoms with E-state index < -0.39 is 30.4 Å². The third-order valence-electron chi connectivity index (χ3n) is 4.64. The molecule has 28 heavy (non-hydrogen) atoms. The first-order chi connectivity index (χ1) is 13.5. The highest BCUT2D eigenvalue weighted by molar-refractivity contribution is 5.90. The molecule has 2 aromatic carbocycles. The fraction of sp³-hybridized carbons (Fsp3) is 0.364. The van der Waals surface area contributed by atoms with E-state index in [0.717, 1.165) is 11.1 Å². The topological polar surface area (TPSA) is 71.1 Å². The van der Waals surface area contributed by atoms with Crippen LogP contribution in [0.2, 0.25) is 0 Å². The van der Waals surface area contributed by atoms with E-state index in [1.54, 1.807) is 24.3 Å². The molecule has 1 heterocycles. The van der Waals surface area contributed by atoms with Crippen molar-refractivity contribution in [1.29, 1.82) is 0 Å². The van der Waals surface area contributed by atoms with E-state index >= 15 is 0 Å². The molecule has 6 heteroatoms. The van der Waals surface area contributed by atoms with Crippen LogP contribution in [0, 0.1) is 13.8 Å². The highest BCUT2D eigenvalue weighted by Gasteiger charge is 2.39. The van der Waals surface area contributed by atoms with Crippen molar-refractivity contribution in [2.75, 3.05) is 13.7 Å². The SMILES string of the molecule is COC1C[C@H](OC(=O)c2ccc(C)cc2)[C@H](COC(=O)c2ccc(C)cc2)O1. The Morgan fingerprint density at radius 1 is 0.929 bits per heavy atom. The molecular weight excluding hydrogens is 360 g/mol. The number of rotatable bonds is 6. The lowest BCUT2D eigenvalue weighted by Gasteiger charge is -2.19. The molecule has 3 rings (SSSR count). The minimum Gasteiger partial charge on any atom is -0.459 e. The van der Waals surface area contributed by atoms with Gasteiger partial charge in [-0.2, -0.15) is 0 Å². The molecule has 0 aliphatic carbocycles. The van der Waals surface area contributed by atoms with Gasteiger partial charge in [0.25, 0.3) is 0 Å². The number of methoxy groups -OCH3 is 1. The van der Waals surface area contributed by atoms with E-state index in [9.17, 15) is 9.59 Å². The zero-order chi connectivity index (χ0) is 20.1. The number of hydrogen-bond donors (Lipinski definition) is 0. The van der Waals surface area contributed by atoms with Crippen molar-refractivity contribution in [3.63, 3.8) is 0 Å². The Morgan fingerprint density at radius 2 is 1.46 bits per heavy atom. The molecule has 0 saturated carbocycles. The standard InChI is InChI=1S/C22H24O6/c1-14-4-8-16(9-5-14)21(23)26-13-19-18(12-20(25-3)27-19)28-22(24)17-10-6-15(2)7-11-17/h4-11,18-20H,12-13H2,1-3H3/t18-,19-,20?/m0/s1. The number of carbonyl (C=O) groups excluding carboxylic acids is 2. The summed E-state index contributed by atoms with van der Waals surface area (Å²) in [6.07, 6.45) is -1.29. The molecule has 6 nitrogen and oxygen atoms in total. The van der Waals surface area contributed by atoms with E-state index in [4.69, 9.17) is 18.9 Å². The highest BCUT2D eigenvalue weighted by atomic mass is 16.7. The maximum absolute atomic E-state index is 12.4. The average Bonchev–Trinajstić information content (AvgIpc) is 3.09. The molecule has 148 valence electrons. The Hall–Kier alpha value is -2.70. The zero-order valence-corrected chi connectivity index (χ0v) is 16.2. The van der Waals surface area contributed by atoms with Crippen LogP contribution >= 0.6 is 0 Å². The van der Waals surface area contributed by atoms with Crippen LogP contribution in [0.15, 0.2) is 48.5 Å². The van der Waals surface area contributed by atoms with Gasteiger partial charge < -0.3 is 18.9 Å². The normalized spacial score (nSPS) is 21.3. The molecule has 1 fully saturated rings. The van der Waals surface area contributed by atoms with Crippen LogP contribution in [-0.2, 0) is 18.9 Å². The second-order valence-electron chi connectivity index (χ2n) is 6.85. The van der Waals surface area contributed by atoms with Gasteiger partial charge in [0.05, 0.1) is 11.1 Å². The summed E-state index contributed by atoms with van der Waals surface area (Å²) in [5.41, 5.74) is 3.03. The van der Waals surface area contributed by atoms with Gasteiger partial charge in [-0.05, 0) is 38.1 Å². The Balaban J connectivity index is 1.61. The molecule has 0 radical (unpaired) electrons. The van der Waals surface area contributed by atoms with Gasteiger partial charge in [-0.1, -0.05) is 35.4 Å². The lowest BCUT2D eigenvalue weighted by molar-refractivity contribution is -0.128. The first-order valence-corrected chi connectivity index (χ1v) is 9.16. The van der Waals surface area contributed by atoms with E-state index in [2.05, 4.69) is 0 Å². The summed E-state index contributed by atoms with van der Waals surface area (Å²) in [5, 5.41) is 0. The number of aryl methyl sites for hydroxylation is 2. The van der Waals surface area contributed by atoms with Crippen LogP contribution in [0.3, 0.4) is 0 Å². The molecule has 0 spiro atoms. The van der Waals surface area contributed by atoms with Crippen molar-refractivity contribution >= 4 is 11.9 Å². The molecule has 1 saturated heterocycles. The Kier molecular flexibility index (Phi) is 6.44. The fourth-order valence-electron chi connectivity index (χ4n) is 2.93. The van der Waals surface area contributed by atoms with E-state index in [1.807, 2.05) is 38.1 Å². The van der Waals surface area contributed by atoms with Gasteiger partial charge >= 0.3 is 11.9 Å². The fourth-order valence-corrected chi connectivity index (χ4v) is 2.93. The summed E-state index contributed by atoms with van der Waals surface area (Å²) in [6.45, 7) is 3.86. The molecule has 2 aromatic rings. The molecular formula is C22H24O6. The number of carbonyl (C=O) groups is 2. The second kappa shape index (κ2) is 8.99. The predicted octanol–water partition coefficient (Wildman–Crippen LogP) is 3.45. The number of ether oxygens (including phenoxy) is 4. The first kappa shape index (κ1) is 20.0. The van der Waals surface area contributed by atoms with E-state index in [0.29, 0.717) is 17.5 Å². The molecule has 1 unspecified atom stereocenters. The Morgan fingerprint density at radius 3 is 2.00 bits per heavy atom. The van der Waals surface area contributed by atoms with Crippen molar-refractivity contribution in [3.05, 3.63) is 70.8 Å². The zero-order valence-electron chi connectivity index (χ0n) is 16.2. The van der Waals surface area contributed by atoms with Gasteiger partial charge in [0.1, 0.15) is 18.8 Å². The predicted molar refractivity (Wildman–Crippen MR) is 102 cm³/mol. The first-order valence-electron chi connectivity index (χ1n) is 9.16. The summed E-state index contributed by atoms with van der Waals surface area (Å²) in [7, 11) is 1.52. The van der Waals surface area contributed by atoms with Crippen LogP contribution < -0.4 is 0 Å². The van der Waals surface area contributed by atoms with Crippen LogP contribution in [-0.4, -0.2) is 44.2 Å². The Labute approximate surface area is 164 Å². The largest absolute Gasteiger partial charge is 0.459 e. The van der Waals surface area contributed by atoms with E-state index in [-0.39, 0.29) is 6.61 Å². The molecule has 0 N–H and O–H groups in total. The smallest absolute Gasteiger partial charge is 0.338 e. The maximum Gasteiger partial charge on any atom is 0.338 e. The molecule has 0 amide bonds. The molecule has 1 aliphatic rings. The minimum atomic E-state index is -0.589. The van der Waals surface area contributed by atoms with Gasteiger partial charge in [0, 0.05) is 13.5 Å². The molecule has 3 atom stereocenters. The summed E-state index contributed by atoms with van der Waals surface area (Å²) < 4.78 is 21.9. The van der Waals surface area contributed by atoms with Crippen molar-refractivity contribution in [1.82, 2.24) is 0 Å². The van der Waals surface area contributed by atoms with Gasteiger partial charge in [-0.3, -0.25) is 0 Å². The number of hydrogen-bond acceptors (Lipinski definition) is 6. The number of esters is 2. The van der Waals surface area contributed by atoms with Gasteiger partial charge in [-0.25, -0.2) is 9.59 Å². The highest BCUT2D eigenvalue weighted by Crippen LogP contribution is 2.25. The third-order valence-corrected chi connectivity index (χ3v) is 4.64. The summed E-state index contributed by atoms with van der Waals surface area (Å²) >= 11 is 0. The van der Waals surface area contributed by atoms with Gasteiger partial charge in [0.2, 0.25) is 0 Å². The molecule has 0 aromatic heterocycles. The quantitative estimate of drug-likeness (QED) is 0.711. The third kappa shape index (κ3) is 4.97. The van der Waals surface area contributed by atoms with Crippen molar-refractivity contribution in [3.8, 4) is 0 Å². The summed E-state index contributed by atoms with van der Waals surface area (Å²) in [6, 6.07) is 14.2. The van der Waals surface area contributed by atoms with Crippen molar-refractivity contribution in [2.24, 2.45) is 0 Å². The molecule has 1 aliphatic heterocycles. The van der Waals surface area contributed by atoms with Crippen molar-refractivity contribution < 1.29 is 28.5 Å². The van der Waals surface area contributed by atoms with Crippen LogP contribution in [0.4, 0.5) is 0 Å².